The molecule has 0 saturated carbocycles. The summed E-state index contributed by atoms with van der Waals surface area (Å²) in [5.74, 6) is -0.663. The maximum atomic E-state index is 11.4. The molecule has 0 atom stereocenters. The number of carbonyl (C=O) groups excluding carboxylic acids is 2. The number of methoxy groups -OCH3 is 2. The van der Waals surface area contributed by atoms with Crippen molar-refractivity contribution in [1.82, 2.24) is 0 Å². The van der Waals surface area contributed by atoms with Crippen LogP contribution in [-0.2, 0) is 9.47 Å². The van der Waals surface area contributed by atoms with Crippen molar-refractivity contribution < 1.29 is 40.3 Å². The van der Waals surface area contributed by atoms with Gasteiger partial charge in [0.05, 0.1) is 0 Å². The standard InChI is InChI=1S/C16H14IO4/c1-20-15(18)11-3-7-13(8-4-11)17-14-9-5-12(6-10-14)16(19)21-2/h3-10H,1-2H3/q-1. The molecule has 0 aliphatic rings. The van der Waals surface area contributed by atoms with Crippen LogP contribution in [0.5, 0.6) is 0 Å². The van der Waals surface area contributed by atoms with Gasteiger partial charge in [0.25, 0.3) is 0 Å². The van der Waals surface area contributed by atoms with Crippen LogP contribution in [0.25, 0.3) is 0 Å². The van der Waals surface area contributed by atoms with E-state index in [1.54, 1.807) is 24.3 Å². The first-order chi connectivity index (χ1) is 10.1. The molecule has 0 amide bonds. The summed E-state index contributed by atoms with van der Waals surface area (Å²) >= 11 is -0.350. The Balaban J connectivity index is 2.08. The number of esters is 2. The third kappa shape index (κ3) is 4.04. The van der Waals surface area contributed by atoms with Crippen LogP contribution in [0.3, 0.4) is 0 Å². The van der Waals surface area contributed by atoms with Gasteiger partial charge in [-0.15, -0.1) is 0 Å². The number of benzene rings is 2. The topological polar surface area (TPSA) is 52.6 Å². The summed E-state index contributed by atoms with van der Waals surface area (Å²) in [5, 5.41) is 0. The van der Waals surface area contributed by atoms with E-state index in [0.717, 1.165) is 0 Å². The van der Waals surface area contributed by atoms with Crippen LogP contribution in [0.2, 0.25) is 0 Å². The first-order valence-electron chi connectivity index (χ1n) is 6.15. The van der Waals surface area contributed by atoms with Gasteiger partial charge in [-0.05, 0) is 0 Å². The molecule has 0 aliphatic heterocycles. The van der Waals surface area contributed by atoms with Crippen LogP contribution < -0.4 is 21.2 Å². The molecule has 0 bridgehead atoms. The summed E-state index contributed by atoms with van der Waals surface area (Å²) < 4.78 is 11.7. The van der Waals surface area contributed by atoms with Crippen molar-refractivity contribution in [1.29, 1.82) is 0 Å². The second-order valence-electron chi connectivity index (χ2n) is 4.09. The third-order valence-electron chi connectivity index (χ3n) is 2.75. The quantitative estimate of drug-likeness (QED) is 0.511. The first-order valence-corrected chi connectivity index (χ1v) is 8.31. The van der Waals surface area contributed by atoms with Crippen molar-refractivity contribution >= 4 is 11.9 Å². The minimum atomic E-state index is -0.350. The predicted octanol–water partition coefficient (Wildman–Crippen LogP) is -0.612. The molecule has 0 spiro atoms. The van der Waals surface area contributed by atoms with Crippen molar-refractivity contribution in [3.63, 3.8) is 0 Å². The van der Waals surface area contributed by atoms with E-state index in [-0.39, 0.29) is 33.1 Å². The maximum absolute atomic E-state index is 11.4. The minimum absolute atomic E-state index is 0.331. The van der Waals surface area contributed by atoms with E-state index in [1.165, 1.54) is 21.4 Å². The van der Waals surface area contributed by atoms with Crippen molar-refractivity contribution in [3.05, 3.63) is 66.8 Å². The summed E-state index contributed by atoms with van der Waals surface area (Å²) in [7, 11) is 2.73. The number of rotatable bonds is 4. The van der Waals surface area contributed by atoms with Gasteiger partial charge >= 0.3 is 133 Å². The molecule has 0 fully saturated rings. The van der Waals surface area contributed by atoms with Crippen LogP contribution in [0.1, 0.15) is 20.7 Å². The van der Waals surface area contributed by atoms with Crippen LogP contribution in [0.4, 0.5) is 0 Å². The van der Waals surface area contributed by atoms with E-state index in [0.29, 0.717) is 11.1 Å². The molecule has 2 aromatic rings. The molecule has 0 aromatic heterocycles. The molecule has 2 aromatic carbocycles. The van der Waals surface area contributed by atoms with Crippen molar-refractivity contribution in [3.8, 4) is 0 Å². The van der Waals surface area contributed by atoms with E-state index in [4.69, 9.17) is 0 Å². The van der Waals surface area contributed by atoms with Gasteiger partial charge in [0.15, 0.2) is 0 Å². The zero-order valence-corrected chi connectivity index (χ0v) is 13.8. The van der Waals surface area contributed by atoms with Crippen LogP contribution >= 0.6 is 0 Å². The second-order valence-corrected chi connectivity index (χ2v) is 7.12. The van der Waals surface area contributed by atoms with E-state index in [9.17, 15) is 9.59 Å². The summed E-state index contributed by atoms with van der Waals surface area (Å²) in [6, 6.07) is 14.8. The number of carbonyl (C=O) groups is 2. The molecule has 0 heterocycles. The van der Waals surface area contributed by atoms with Gasteiger partial charge < -0.3 is 0 Å². The zero-order chi connectivity index (χ0) is 15.2. The Morgan fingerprint density at radius 3 is 1.33 bits per heavy atom. The molecule has 0 radical (unpaired) electrons. The molecule has 21 heavy (non-hydrogen) atoms. The molecule has 0 saturated heterocycles. The van der Waals surface area contributed by atoms with Crippen molar-refractivity contribution in [2.24, 2.45) is 0 Å². The Bertz CT molecular complexity index is 575. The molecule has 110 valence electrons. The molecule has 0 N–H and O–H groups in total. The number of ether oxygens (including phenoxy) is 2. The molecule has 4 nitrogen and oxygen atoms in total. The summed E-state index contributed by atoms with van der Waals surface area (Å²) in [5.41, 5.74) is 1.09. The summed E-state index contributed by atoms with van der Waals surface area (Å²) in [6.45, 7) is 0. The Hall–Kier alpha value is -1.89. The van der Waals surface area contributed by atoms with E-state index < -0.39 is 0 Å². The molecular formula is C16H14IO4-. The van der Waals surface area contributed by atoms with Crippen molar-refractivity contribution in [2.45, 2.75) is 0 Å². The van der Waals surface area contributed by atoms with E-state index in [2.05, 4.69) is 9.47 Å². The van der Waals surface area contributed by atoms with Gasteiger partial charge in [0.1, 0.15) is 0 Å². The van der Waals surface area contributed by atoms with Gasteiger partial charge in [0.2, 0.25) is 0 Å². The predicted molar refractivity (Wildman–Crippen MR) is 73.0 cm³/mol. The van der Waals surface area contributed by atoms with Gasteiger partial charge in [-0.2, -0.15) is 0 Å². The Kier molecular flexibility index (Phi) is 5.32. The van der Waals surface area contributed by atoms with Crippen LogP contribution in [-0.4, -0.2) is 26.2 Å². The monoisotopic (exact) mass is 397 g/mol. The average Bonchev–Trinajstić information content (AvgIpc) is 2.55. The number of hydrogen-bond donors (Lipinski definition) is 0. The zero-order valence-electron chi connectivity index (χ0n) is 11.6. The normalized spacial score (nSPS) is 10.2. The third-order valence-corrected chi connectivity index (χ3v) is 5.43. The number of hydrogen-bond acceptors (Lipinski definition) is 4. The molecule has 0 unspecified atom stereocenters. The fraction of sp³-hybridized carbons (Fsp3) is 0.125. The molecule has 5 heteroatoms. The van der Waals surface area contributed by atoms with Gasteiger partial charge in [-0.1, -0.05) is 0 Å². The summed E-state index contributed by atoms with van der Waals surface area (Å²) in [4.78, 5) is 22.7. The van der Waals surface area contributed by atoms with Gasteiger partial charge in [0, 0.05) is 0 Å². The SMILES string of the molecule is COC(=O)c1ccc([I-]c2ccc(C(=O)OC)cc2)cc1. The average molecular weight is 397 g/mol. The summed E-state index contributed by atoms with van der Waals surface area (Å²) in [6.07, 6.45) is 0. The molecule has 0 aliphatic carbocycles. The van der Waals surface area contributed by atoms with Crippen molar-refractivity contribution in [2.75, 3.05) is 14.2 Å². The second kappa shape index (κ2) is 7.21. The fourth-order valence-corrected chi connectivity index (χ4v) is 3.82. The van der Waals surface area contributed by atoms with E-state index in [1.807, 2.05) is 24.3 Å². The molecular weight excluding hydrogens is 383 g/mol. The first kappa shape index (κ1) is 15.5. The van der Waals surface area contributed by atoms with E-state index >= 15 is 0 Å². The van der Waals surface area contributed by atoms with Crippen LogP contribution in [0, 0.1) is 7.14 Å². The van der Waals surface area contributed by atoms with Gasteiger partial charge in [-0.25, -0.2) is 0 Å². The number of halogens is 1. The van der Waals surface area contributed by atoms with Crippen LogP contribution in [0.15, 0.2) is 48.5 Å². The Labute approximate surface area is 133 Å². The van der Waals surface area contributed by atoms with Gasteiger partial charge in [-0.3, -0.25) is 0 Å². The Morgan fingerprint density at radius 1 is 0.714 bits per heavy atom. The fourth-order valence-electron chi connectivity index (χ4n) is 1.66. The Morgan fingerprint density at radius 2 is 1.05 bits per heavy atom. The molecule has 2 rings (SSSR count).